The highest BCUT2D eigenvalue weighted by Crippen LogP contribution is 2.63. The highest BCUT2D eigenvalue weighted by atomic mass is 19.4. The van der Waals surface area contributed by atoms with Crippen LogP contribution in [0.1, 0.15) is 63.1 Å². The van der Waals surface area contributed by atoms with E-state index in [1.165, 1.54) is 24.4 Å². The molecule has 2 aromatic heterocycles. The number of fused-ring (bicyclic) bond motifs is 3. The van der Waals surface area contributed by atoms with Crippen LogP contribution in [-0.2, 0) is 23.9 Å². The van der Waals surface area contributed by atoms with Crippen LogP contribution in [-0.4, -0.2) is 31.7 Å². The molecule has 1 unspecified atom stereocenters. The summed E-state index contributed by atoms with van der Waals surface area (Å²) in [5.41, 5.74) is 4.43. The zero-order chi connectivity index (χ0) is 31.5. The van der Waals surface area contributed by atoms with Crippen molar-refractivity contribution in [3.63, 3.8) is 0 Å². The average molecular weight is 616 g/mol. The number of alkyl halides is 3. The van der Waals surface area contributed by atoms with Gasteiger partial charge in [0.25, 0.3) is 5.91 Å². The quantitative estimate of drug-likeness (QED) is 0.248. The molecular weight excluding hydrogens is 592 g/mol. The number of hydrogen-bond acceptors (Lipinski definition) is 5. The van der Waals surface area contributed by atoms with Crippen LogP contribution in [0.5, 0.6) is 0 Å². The predicted octanol–water partition coefficient (Wildman–Crippen LogP) is 4.73. The van der Waals surface area contributed by atoms with Crippen LogP contribution in [0, 0.1) is 23.4 Å². The lowest BCUT2D eigenvalue weighted by Crippen LogP contribution is -2.34. The molecule has 2 heterocycles. The van der Waals surface area contributed by atoms with E-state index in [4.69, 9.17) is 5.73 Å². The first-order valence-corrected chi connectivity index (χ1v) is 13.5. The summed E-state index contributed by atoms with van der Waals surface area (Å²) in [5, 5.41) is 16.9. The van der Waals surface area contributed by atoms with Crippen molar-refractivity contribution < 1.29 is 41.0 Å². The molecule has 2 aliphatic rings. The van der Waals surface area contributed by atoms with Gasteiger partial charge in [-0.1, -0.05) is 12.1 Å². The third kappa shape index (κ3) is 5.41. The molecule has 2 amide bonds. The minimum Gasteiger partial charge on any atom is -0.386 e. The third-order valence-corrected chi connectivity index (χ3v) is 7.90. The maximum atomic E-state index is 14.2. The summed E-state index contributed by atoms with van der Waals surface area (Å²) in [5.74, 6) is -5.33. The number of benzene rings is 2. The van der Waals surface area contributed by atoms with E-state index in [0.29, 0.717) is 18.1 Å². The maximum absolute atomic E-state index is 14.2. The Bertz CT molecular complexity index is 1790. The van der Waals surface area contributed by atoms with Gasteiger partial charge in [-0.25, -0.2) is 13.2 Å². The number of nitrogens with two attached hydrogens (primary N) is 1. The molecule has 14 heteroatoms. The molecule has 8 nitrogen and oxygen atoms in total. The Morgan fingerprint density at radius 3 is 2.50 bits per heavy atom. The molecule has 6 rings (SSSR count). The summed E-state index contributed by atoms with van der Waals surface area (Å²) in [6.45, 7) is -0.701. The molecule has 0 spiro atoms. The summed E-state index contributed by atoms with van der Waals surface area (Å²) < 4.78 is 84.6. The number of nitrogens with zero attached hydrogens (tertiary/aromatic N) is 3. The lowest BCUT2D eigenvalue weighted by atomic mass is 9.94. The zero-order valence-electron chi connectivity index (χ0n) is 22.6. The van der Waals surface area contributed by atoms with Gasteiger partial charge in [-0.2, -0.15) is 18.3 Å². The van der Waals surface area contributed by atoms with Gasteiger partial charge in [-0.15, -0.1) is 0 Å². The van der Waals surface area contributed by atoms with Crippen molar-refractivity contribution in [3.8, 4) is 11.1 Å². The van der Waals surface area contributed by atoms with E-state index in [1.807, 2.05) is 0 Å². The Balaban J connectivity index is 1.37. The Kier molecular flexibility index (Phi) is 7.19. The summed E-state index contributed by atoms with van der Waals surface area (Å²) in [4.78, 5) is 29.5. The van der Waals surface area contributed by atoms with E-state index < -0.39 is 71.3 Å². The van der Waals surface area contributed by atoms with E-state index in [-0.39, 0.29) is 40.4 Å². The van der Waals surface area contributed by atoms with Gasteiger partial charge < -0.3 is 16.2 Å². The second-order valence-corrected chi connectivity index (χ2v) is 10.9. The monoisotopic (exact) mass is 615 g/mol. The van der Waals surface area contributed by atoms with Gasteiger partial charge in [0.2, 0.25) is 5.91 Å². The van der Waals surface area contributed by atoms with E-state index in [1.54, 1.807) is 6.07 Å². The number of aliphatic hydroxyl groups excluding tert-OH is 1. The number of halogens is 6. The van der Waals surface area contributed by atoms with Crippen molar-refractivity contribution >= 4 is 11.8 Å². The normalized spacial score (nSPS) is 19.3. The van der Waals surface area contributed by atoms with E-state index in [9.17, 15) is 41.0 Å². The second kappa shape index (κ2) is 10.8. The number of rotatable bonds is 8. The Morgan fingerprint density at radius 2 is 1.82 bits per heavy atom. The Hall–Kier alpha value is -4.72. The van der Waals surface area contributed by atoms with Crippen molar-refractivity contribution in [1.29, 1.82) is 0 Å². The number of carbonyl (C=O) groups excluding carboxylic acids is 2. The molecule has 44 heavy (non-hydrogen) atoms. The minimum absolute atomic E-state index is 0.0682. The molecule has 4 aromatic rings. The molecular formula is C30H23F6N5O3. The molecule has 0 radical (unpaired) electrons. The highest BCUT2D eigenvalue weighted by molar-refractivity contribution is 5.94. The fraction of sp³-hybridized carbons (Fsp3) is 0.267. The number of carbonyl (C=O) groups is 2. The van der Waals surface area contributed by atoms with Gasteiger partial charge >= 0.3 is 6.18 Å². The van der Waals surface area contributed by atoms with Crippen LogP contribution in [0.2, 0.25) is 0 Å². The summed E-state index contributed by atoms with van der Waals surface area (Å²) >= 11 is 0. The number of aromatic nitrogens is 3. The van der Waals surface area contributed by atoms with Crippen molar-refractivity contribution in [2.45, 2.75) is 43.6 Å². The third-order valence-electron chi connectivity index (χ3n) is 7.90. The number of pyridine rings is 1. The smallest absolute Gasteiger partial charge is 0.386 e. The van der Waals surface area contributed by atoms with Crippen LogP contribution in [0.25, 0.3) is 11.1 Å². The van der Waals surface area contributed by atoms with Crippen LogP contribution < -0.4 is 11.1 Å². The first kappa shape index (κ1) is 29.4. The van der Waals surface area contributed by atoms with Crippen LogP contribution in [0.3, 0.4) is 0 Å². The number of nitrogens with one attached hydrogen (secondary N) is 1. The fourth-order valence-electron chi connectivity index (χ4n) is 5.97. The highest BCUT2D eigenvalue weighted by Gasteiger charge is 2.58. The van der Waals surface area contributed by atoms with Gasteiger partial charge in [0, 0.05) is 23.4 Å². The van der Waals surface area contributed by atoms with Crippen LogP contribution in [0.4, 0.5) is 26.3 Å². The molecule has 0 bridgehead atoms. The molecule has 0 saturated heterocycles. The van der Waals surface area contributed by atoms with Crippen molar-refractivity contribution in [2.75, 3.05) is 0 Å². The lowest BCUT2D eigenvalue weighted by molar-refractivity contribution is -0.142. The standard InChI is InChI=1S/C30H23F6N5O3/c31-15-6-13(7-16(32)10-15)8-22(25-17(2-1-5-38-25)14-3-4-21(33)20(9-14)29(37)44)39-23(42)12-41-26-24(18-11-19(18)27(26)43)28(40-41)30(34,35)36/h1-7,9-10,18-19,22,27,43H,8,11-12H2,(H2,37,44)(H,39,42)/t18?,19-,22+,27+/m1/s1. The lowest BCUT2D eigenvalue weighted by Gasteiger charge is -2.22. The number of hydrogen-bond donors (Lipinski definition) is 3. The largest absolute Gasteiger partial charge is 0.435 e. The van der Waals surface area contributed by atoms with Crippen molar-refractivity contribution in [2.24, 2.45) is 11.7 Å². The van der Waals surface area contributed by atoms with E-state index in [2.05, 4.69) is 15.4 Å². The topological polar surface area (TPSA) is 123 Å². The molecule has 0 aliphatic heterocycles. The molecule has 2 aromatic carbocycles. The Labute approximate surface area is 245 Å². The number of primary amides is 1. The number of amides is 2. The van der Waals surface area contributed by atoms with Gasteiger partial charge in [-0.3, -0.25) is 19.3 Å². The fourth-order valence-corrected chi connectivity index (χ4v) is 5.97. The van der Waals surface area contributed by atoms with Crippen LogP contribution >= 0.6 is 0 Å². The first-order chi connectivity index (χ1) is 20.8. The van der Waals surface area contributed by atoms with Crippen molar-refractivity contribution in [1.82, 2.24) is 20.1 Å². The van der Waals surface area contributed by atoms with Crippen molar-refractivity contribution in [3.05, 3.63) is 106 Å². The molecule has 1 fully saturated rings. The zero-order valence-corrected chi connectivity index (χ0v) is 22.6. The van der Waals surface area contributed by atoms with Crippen LogP contribution in [0.15, 0.2) is 54.7 Å². The van der Waals surface area contributed by atoms with Gasteiger partial charge in [0.1, 0.15) is 24.0 Å². The molecule has 4 atom stereocenters. The molecule has 1 saturated carbocycles. The summed E-state index contributed by atoms with van der Waals surface area (Å²) in [7, 11) is 0. The Morgan fingerprint density at radius 1 is 1.09 bits per heavy atom. The molecule has 2 aliphatic carbocycles. The van der Waals surface area contributed by atoms with E-state index >= 15 is 0 Å². The van der Waals surface area contributed by atoms with Gasteiger partial charge in [0.15, 0.2) is 5.69 Å². The minimum atomic E-state index is -4.80. The second-order valence-electron chi connectivity index (χ2n) is 10.9. The predicted molar refractivity (Wildman–Crippen MR) is 142 cm³/mol. The maximum Gasteiger partial charge on any atom is 0.435 e. The summed E-state index contributed by atoms with van der Waals surface area (Å²) in [6, 6.07) is 8.30. The SMILES string of the molecule is NC(=O)c1cc(-c2cccnc2[C@H](Cc2cc(F)cc(F)c2)NC(=O)Cn2nc(C(F)(F)F)c3c2[C@@H](O)[C@@H]2CC32)ccc1F. The number of aliphatic hydroxyl groups is 1. The summed E-state index contributed by atoms with van der Waals surface area (Å²) in [6.07, 6.45) is -4.45. The van der Waals surface area contributed by atoms with Gasteiger partial charge in [0.05, 0.1) is 29.1 Å². The average Bonchev–Trinajstić information content (AvgIpc) is 3.56. The van der Waals surface area contributed by atoms with E-state index in [0.717, 1.165) is 22.9 Å². The first-order valence-electron chi connectivity index (χ1n) is 13.5. The molecule has 4 N–H and O–H groups in total. The van der Waals surface area contributed by atoms with Gasteiger partial charge in [-0.05, 0) is 66.1 Å². The molecule has 228 valence electrons.